The van der Waals surface area contributed by atoms with Crippen molar-refractivity contribution in [2.24, 2.45) is 7.05 Å². The van der Waals surface area contributed by atoms with Crippen LogP contribution in [-0.4, -0.2) is 47.2 Å². The predicted molar refractivity (Wildman–Crippen MR) is 103 cm³/mol. The molecule has 0 radical (unpaired) electrons. The highest BCUT2D eigenvalue weighted by molar-refractivity contribution is 5.94. The Bertz CT molecular complexity index is 849. The van der Waals surface area contributed by atoms with Crippen molar-refractivity contribution in [3.63, 3.8) is 0 Å². The van der Waals surface area contributed by atoms with E-state index >= 15 is 0 Å². The van der Waals surface area contributed by atoms with Crippen LogP contribution in [0.4, 0.5) is 0 Å². The first-order valence-corrected chi connectivity index (χ1v) is 9.34. The molecule has 0 fully saturated rings. The number of rotatable bonds is 7. The first-order chi connectivity index (χ1) is 13.4. The van der Waals surface area contributed by atoms with Crippen molar-refractivity contribution >= 4 is 5.91 Å². The Labute approximate surface area is 164 Å². The maximum atomic E-state index is 12.8. The fraction of sp³-hybridized carbons (Fsp3) is 0.500. The second kappa shape index (κ2) is 8.62. The Morgan fingerprint density at radius 1 is 1.39 bits per heavy atom. The predicted octanol–water partition coefficient (Wildman–Crippen LogP) is 1.75. The van der Waals surface area contributed by atoms with Gasteiger partial charge in [-0.15, -0.1) is 0 Å². The number of nitrogens with zero attached hydrogens (tertiary/aromatic N) is 2. The number of amides is 1. The number of aromatic nitrogens is 2. The summed E-state index contributed by atoms with van der Waals surface area (Å²) in [6.07, 6.45) is 0.628. The number of fused-ring (bicyclic) bond motifs is 1. The van der Waals surface area contributed by atoms with Crippen molar-refractivity contribution in [1.82, 2.24) is 15.1 Å². The summed E-state index contributed by atoms with van der Waals surface area (Å²) in [5.74, 6) is 0.890. The quantitative estimate of drug-likeness (QED) is 0.749. The summed E-state index contributed by atoms with van der Waals surface area (Å²) in [5.41, 5.74) is 3.23. The van der Waals surface area contributed by atoms with Crippen molar-refractivity contribution in [2.45, 2.75) is 39.0 Å². The molecule has 2 aromatic rings. The van der Waals surface area contributed by atoms with Crippen molar-refractivity contribution in [3.05, 3.63) is 40.7 Å². The summed E-state index contributed by atoms with van der Waals surface area (Å²) in [6.45, 7) is 4.43. The van der Waals surface area contributed by atoms with E-state index in [2.05, 4.69) is 10.4 Å². The van der Waals surface area contributed by atoms with Crippen LogP contribution in [0.5, 0.6) is 11.5 Å². The van der Waals surface area contributed by atoms with E-state index in [0.29, 0.717) is 30.2 Å². The van der Waals surface area contributed by atoms with Gasteiger partial charge in [0.1, 0.15) is 6.61 Å². The molecule has 1 aliphatic rings. The minimum atomic E-state index is -0.210. The number of ether oxygens (including phenoxy) is 3. The van der Waals surface area contributed by atoms with Gasteiger partial charge >= 0.3 is 0 Å². The highest BCUT2D eigenvalue weighted by atomic mass is 16.5. The SMILES string of the molecule is COc1cc(CNC(=O)c2nn(C)c3c2C[C@H](C)O[C@@H]3C)ccc1OCCO. The lowest BCUT2D eigenvalue weighted by molar-refractivity contribution is -0.00903. The van der Waals surface area contributed by atoms with Gasteiger partial charge in [0.05, 0.1) is 31.6 Å². The summed E-state index contributed by atoms with van der Waals surface area (Å²) in [6, 6.07) is 5.42. The fourth-order valence-corrected chi connectivity index (χ4v) is 3.58. The highest BCUT2D eigenvalue weighted by Gasteiger charge is 2.31. The molecule has 0 aliphatic carbocycles. The Morgan fingerprint density at radius 2 is 2.18 bits per heavy atom. The molecule has 2 atom stereocenters. The Hall–Kier alpha value is -2.58. The van der Waals surface area contributed by atoms with Crippen LogP contribution in [0.25, 0.3) is 0 Å². The third kappa shape index (κ3) is 4.13. The number of aliphatic hydroxyl groups is 1. The molecular formula is C20H27N3O5. The molecule has 28 heavy (non-hydrogen) atoms. The minimum Gasteiger partial charge on any atom is -0.493 e. The molecular weight excluding hydrogens is 362 g/mol. The largest absolute Gasteiger partial charge is 0.493 e. The zero-order valence-electron chi connectivity index (χ0n) is 16.7. The molecule has 0 saturated carbocycles. The van der Waals surface area contributed by atoms with Gasteiger partial charge in [-0.25, -0.2) is 0 Å². The maximum absolute atomic E-state index is 12.8. The lowest BCUT2D eigenvalue weighted by atomic mass is 9.99. The van der Waals surface area contributed by atoms with Gasteiger partial charge in [-0.3, -0.25) is 9.48 Å². The van der Waals surface area contributed by atoms with Crippen molar-refractivity contribution < 1.29 is 24.1 Å². The van der Waals surface area contributed by atoms with Gasteiger partial charge < -0.3 is 24.6 Å². The molecule has 8 heteroatoms. The Balaban J connectivity index is 1.72. The van der Waals surface area contributed by atoms with E-state index in [1.165, 1.54) is 0 Å². The molecule has 152 valence electrons. The molecule has 2 N–H and O–H groups in total. The second-order valence-electron chi connectivity index (χ2n) is 6.87. The average Bonchev–Trinajstić information content (AvgIpc) is 3.01. The van der Waals surface area contributed by atoms with Gasteiger partial charge in [-0.2, -0.15) is 5.10 Å². The van der Waals surface area contributed by atoms with Gasteiger partial charge in [0.2, 0.25) is 0 Å². The summed E-state index contributed by atoms with van der Waals surface area (Å²) in [7, 11) is 3.38. The standard InChI is InChI=1S/C20H27N3O5/c1-12-9-15-18(22-23(3)19(15)13(2)28-12)20(25)21-11-14-5-6-16(27-8-7-24)17(10-14)26-4/h5-6,10,12-13,24H,7-9,11H2,1-4H3,(H,21,25)/t12-,13+/m0/s1. The number of aliphatic hydroxyl groups excluding tert-OH is 1. The van der Waals surface area contributed by atoms with Crippen molar-refractivity contribution in [2.75, 3.05) is 20.3 Å². The van der Waals surface area contributed by atoms with Crippen molar-refractivity contribution in [3.8, 4) is 11.5 Å². The molecule has 8 nitrogen and oxygen atoms in total. The minimum absolute atomic E-state index is 0.0500. The van der Waals surface area contributed by atoms with E-state index < -0.39 is 0 Å². The third-order valence-corrected chi connectivity index (χ3v) is 4.75. The number of hydrogen-bond donors (Lipinski definition) is 2. The second-order valence-corrected chi connectivity index (χ2v) is 6.87. The van der Waals surface area contributed by atoms with E-state index in [9.17, 15) is 4.79 Å². The van der Waals surface area contributed by atoms with Gasteiger partial charge in [0, 0.05) is 25.6 Å². The van der Waals surface area contributed by atoms with Crippen LogP contribution in [0.1, 0.15) is 47.3 Å². The summed E-state index contributed by atoms with van der Waals surface area (Å²) in [4.78, 5) is 12.8. The molecule has 3 rings (SSSR count). The number of aryl methyl sites for hydroxylation is 1. The molecule has 1 aromatic heterocycles. The highest BCUT2D eigenvalue weighted by Crippen LogP contribution is 2.32. The van der Waals surface area contributed by atoms with Gasteiger partial charge in [-0.1, -0.05) is 6.07 Å². The van der Waals surface area contributed by atoms with Gasteiger partial charge in [-0.05, 0) is 31.5 Å². The lowest BCUT2D eigenvalue weighted by Gasteiger charge is -2.26. The van der Waals surface area contributed by atoms with Crippen LogP contribution in [0, 0.1) is 0 Å². The number of nitrogens with one attached hydrogen (secondary N) is 1. The van der Waals surface area contributed by atoms with Gasteiger partial charge in [0.15, 0.2) is 17.2 Å². The maximum Gasteiger partial charge on any atom is 0.272 e. The number of carbonyl (C=O) groups excluding carboxylic acids is 1. The molecule has 0 saturated heterocycles. The molecule has 1 aliphatic heterocycles. The smallest absolute Gasteiger partial charge is 0.272 e. The van der Waals surface area contributed by atoms with E-state index in [-0.39, 0.29) is 31.3 Å². The van der Waals surface area contributed by atoms with E-state index in [4.69, 9.17) is 19.3 Å². The molecule has 0 bridgehead atoms. The first kappa shape index (κ1) is 20.2. The van der Waals surface area contributed by atoms with E-state index in [0.717, 1.165) is 16.8 Å². The molecule has 2 heterocycles. The van der Waals surface area contributed by atoms with Crippen molar-refractivity contribution in [1.29, 1.82) is 0 Å². The van der Waals surface area contributed by atoms with Crippen LogP contribution >= 0.6 is 0 Å². The number of methoxy groups -OCH3 is 1. The molecule has 0 spiro atoms. The monoisotopic (exact) mass is 389 g/mol. The lowest BCUT2D eigenvalue weighted by Crippen LogP contribution is -2.27. The van der Waals surface area contributed by atoms with Crippen LogP contribution in [0.3, 0.4) is 0 Å². The Kier molecular flexibility index (Phi) is 6.21. The van der Waals surface area contributed by atoms with Crippen LogP contribution < -0.4 is 14.8 Å². The normalized spacial score (nSPS) is 18.5. The van der Waals surface area contributed by atoms with Crippen LogP contribution in [0.2, 0.25) is 0 Å². The molecule has 1 aromatic carbocycles. The topological polar surface area (TPSA) is 94.8 Å². The van der Waals surface area contributed by atoms with E-state index in [1.54, 1.807) is 23.9 Å². The summed E-state index contributed by atoms with van der Waals surface area (Å²) < 4.78 is 18.3. The number of benzene rings is 1. The Morgan fingerprint density at radius 3 is 2.89 bits per heavy atom. The fourth-order valence-electron chi connectivity index (χ4n) is 3.58. The van der Waals surface area contributed by atoms with Gasteiger partial charge in [0.25, 0.3) is 5.91 Å². The average molecular weight is 389 g/mol. The van der Waals surface area contributed by atoms with E-state index in [1.807, 2.05) is 27.0 Å². The zero-order chi connectivity index (χ0) is 20.3. The number of hydrogen-bond acceptors (Lipinski definition) is 6. The van der Waals surface area contributed by atoms with Crippen LogP contribution in [-0.2, 0) is 24.8 Å². The zero-order valence-corrected chi connectivity index (χ0v) is 16.7. The molecule has 1 amide bonds. The number of carbonyl (C=O) groups is 1. The summed E-state index contributed by atoms with van der Waals surface area (Å²) in [5, 5.41) is 16.2. The van der Waals surface area contributed by atoms with Crippen LogP contribution in [0.15, 0.2) is 18.2 Å². The third-order valence-electron chi connectivity index (χ3n) is 4.75. The molecule has 0 unspecified atom stereocenters. The summed E-state index contributed by atoms with van der Waals surface area (Å²) >= 11 is 0. The first-order valence-electron chi connectivity index (χ1n) is 9.34.